The molecule has 0 saturated heterocycles. The van der Waals surface area contributed by atoms with Crippen molar-refractivity contribution in [1.82, 2.24) is 15.5 Å². The van der Waals surface area contributed by atoms with Gasteiger partial charge in [-0.15, -0.1) is 0 Å². The number of nitrogens with zero attached hydrogens (tertiary/aromatic N) is 1. The molecule has 0 amide bonds. The Hall–Kier alpha value is -0.870. The highest BCUT2D eigenvalue weighted by Gasteiger charge is 2.18. The molecule has 1 unspecified atom stereocenters. The van der Waals surface area contributed by atoms with E-state index in [-0.39, 0.29) is 18.1 Å². The van der Waals surface area contributed by atoms with Crippen molar-refractivity contribution >= 4 is 0 Å². The fourth-order valence-electron chi connectivity index (χ4n) is 1.69. The van der Waals surface area contributed by atoms with Crippen molar-refractivity contribution in [2.24, 2.45) is 5.41 Å². The summed E-state index contributed by atoms with van der Waals surface area (Å²) < 4.78 is 0. The number of aliphatic hydroxyl groups is 1. The molecule has 16 heavy (non-hydrogen) atoms. The normalized spacial score (nSPS) is 14.0. The first-order valence-corrected chi connectivity index (χ1v) is 5.89. The smallest absolute Gasteiger partial charge is 0.0518 e. The van der Waals surface area contributed by atoms with Crippen molar-refractivity contribution in [3.8, 4) is 0 Å². The molecule has 0 bridgehead atoms. The van der Waals surface area contributed by atoms with Gasteiger partial charge in [0.2, 0.25) is 0 Å². The monoisotopic (exact) mass is 225 g/mol. The third-order valence-electron chi connectivity index (χ3n) is 2.89. The molecule has 1 rings (SSSR count). The standard InChI is InChI=1S/C12H23N3O/c1-10(11-5-7-14-15-11)13-9-12(2,3)6-4-8-16/h5,7,10,13,16H,4,6,8-9H2,1-3H3,(H,14,15). The minimum atomic E-state index is 0.219. The molecule has 4 nitrogen and oxygen atoms in total. The molecular formula is C12H23N3O. The first kappa shape index (κ1) is 13.2. The Kier molecular flexibility index (Phi) is 4.96. The maximum atomic E-state index is 8.82. The molecule has 0 aliphatic heterocycles. The summed E-state index contributed by atoms with van der Waals surface area (Å²) >= 11 is 0. The van der Waals surface area contributed by atoms with E-state index >= 15 is 0 Å². The summed E-state index contributed by atoms with van der Waals surface area (Å²) in [5, 5.41) is 19.2. The number of aromatic nitrogens is 2. The second-order valence-electron chi connectivity index (χ2n) is 5.11. The van der Waals surface area contributed by atoms with Crippen molar-refractivity contribution < 1.29 is 5.11 Å². The summed E-state index contributed by atoms with van der Waals surface area (Å²) in [5.41, 5.74) is 1.33. The summed E-state index contributed by atoms with van der Waals surface area (Å²) in [6, 6.07) is 2.27. The van der Waals surface area contributed by atoms with Crippen molar-refractivity contribution in [2.45, 2.75) is 39.7 Å². The van der Waals surface area contributed by atoms with Crippen LogP contribution in [-0.2, 0) is 0 Å². The van der Waals surface area contributed by atoms with Gasteiger partial charge in [-0.3, -0.25) is 5.10 Å². The Labute approximate surface area is 97.5 Å². The number of H-pyrrole nitrogens is 1. The van der Waals surface area contributed by atoms with Gasteiger partial charge in [0.1, 0.15) is 0 Å². The molecule has 1 heterocycles. The molecule has 0 aliphatic rings. The van der Waals surface area contributed by atoms with E-state index in [1.54, 1.807) is 6.20 Å². The molecule has 4 heteroatoms. The lowest BCUT2D eigenvalue weighted by Crippen LogP contribution is -2.31. The number of aliphatic hydroxyl groups excluding tert-OH is 1. The Balaban J connectivity index is 2.33. The predicted molar refractivity (Wildman–Crippen MR) is 65.1 cm³/mol. The molecule has 0 saturated carbocycles. The van der Waals surface area contributed by atoms with E-state index in [9.17, 15) is 0 Å². The Morgan fingerprint density at radius 3 is 2.88 bits per heavy atom. The lowest BCUT2D eigenvalue weighted by molar-refractivity contribution is 0.232. The molecule has 1 atom stereocenters. The van der Waals surface area contributed by atoms with Gasteiger partial charge in [0.05, 0.1) is 5.69 Å². The molecule has 0 aliphatic carbocycles. The molecule has 1 aromatic rings. The van der Waals surface area contributed by atoms with Gasteiger partial charge in [-0.1, -0.05) is 13.8 Å². The molecular weight excluding hydrogens is 202 g/mol. The van der Waals surface area contributed by atoms with Crippen LogP contribution >= 0.6 is 0 Å². The van der Waals surface area contributed by atoms with Gasteiger partial charge >= 0.3 is 0 Å². The highest BCUT2D eigenvalue weighted by atomic mass is 16.2. The van der Waals surface area contributed by atoms with Crippen molar-refractivity contribution in [3.05, 3.63) is 18.0 Å². The van der Waals surface area contributed by atoms with Crippen LogP contribution in [0.5, 0.6) is 0 Å². The highest BCUT2D eigenvalue weighted by Crippen LogP contribution is 2.22. The van der Waals surface area contributed by atoms with E-state index < -0.39 is 0 Å². The number of aromatic amines is 1. The van der Waals surface area contributed by atoms with E-state index in [4.69, 9.17) is 5.11 Å². The van der Waals surface area contributed by atoms with Gasteiger partial charge in [0.25, 0.3) is 0 Å². The number of rotatable bonds is 7. The van der Waals surface area contributed by atoms with Crippen LogP contribution in [0.3, 0.4) is 0 Å². The Morgan fingerprint density at radius 1 is 1.56 bits per heavy atom. The predicted octanol–water partition coefficient (Wildman–Crippen LogP) is 1.86. The quantitative estimate of drug-likeness (QED) is 0.664. The van der Waals surface area contributed by atoms with Crippen molar-refractivity contribution in [3.63, 3.8) is 0 Å². The first-order valence-electron chi connectivity index (χ1n) is 5.89. The van der Waals surface area contributed by atoms with Crippen LogP contribution in [0.25, 0.3) is 0 Å². The fourth-order valence-corrected chi connectivity index (χ4v) is 1.69. The minimum Gasteiger partial charge on any atom is -0.396 e. The zero-order valence-electron chi connectivity index (χ0n) is 10.5. The second kappa shape index (κ2) is 6.01. The maximum absolute atomic E-state index is 8.82. The van der Waals surface area contributed by atoms with Gasteiger partial charge in [-0.05, 0) is 31.2 Å². The van der Waals surface area contributed by atoms with Crippen LogP contribution < -0.4 is 5.32 Å². The SMILES string of the molecule is CC(NCC(C)(C)CCCO)c1ccn[nH]1. The van der Waals surface area contributed by atoms with Gasteiger partial charge in [0, 0.05) is 25.4 Å². The zero-order chi connectivity index (χ0) is 12.0. The number of nitrogens with one attached hydrogen (secondary N) is 2. The van der Waals surface area contributed by atoms with E-state index in [1.807, 2.05) is 6.07 Å². The van der Waals surface area contributed by atoms with E-state index in [0.29, 0.717) is 0 Å². The van der Waals surface area contributed by atoms with Crippen LogP contribution in [0.4, 0.5) is 0 Å². The van der Waals surface area contributed by atoms with Crippen LogP contribution in [0, 0.1) is 5.41 Å². The topological polar surface area (TPSA) is 60.9 Å². The summed E-state index contributed by atoms with van der Waals surface area (Å²) in [5.74, 6) is 0. The maximum Gasteiger partial charge on any atom is 0.0518 e. The average molecular weight is 225 g/mol. The van der Waals surface area contributed by atoms with Crippen LogP contribution in [0.15, 0.2) is 12.3 Å². The van der Waals surface area contributed by atoms with E-state index in [2.05, 4.69) is 36.3 Å². The summed E-state index contributed by atoms with van der Waals surface area (Å²) in [6.07, 6.45) is 3.67. The Morgan fingerprint density at radius 2 is 2.31 bits per heavy atom. The molecule has 0 fully saturated rings. The molecule has 0 aromatic carbocycles. The van der Waals surface area contributed by atoms with Crippen LogP contribution in [0.1, 0.15) is 45.3 Å². The third-order valence-corrected chi connectivity index (χ3v) is 2.89. The van der Waals surface area contributed by atoms with Crippen LogP contribution in [0.2, 0.25) is 0 Å². The lowest BCUT2D eigenvalue weighted by atomic mass is 9.87. The fraction of sp³-hybridized carbons (Fsp3) is 0.750. The lowest BCUT2D eigenvalue weighted by Gasteiger charge is -2.26. The van der Waals surface area contributed by atoms with Crippen molar-refractivity contribution in [1.29, 1.82) is 0 Å². The summed E-state index contributed by atoms with van der Waals surface area (Å²) in [6.45, 7) is 7.77. The third kappa shape index (κ3) is 4.33. The van der Waals surface area contributed by atoms with Crippen LogP contribution in [-0.4, -0.2) is 28.5 Å². The number of hydrogen-bond acceptors (Lipinski definition) is 3. The van der Waals surface area contributed by atoms with Gasteiger partial charge in [-0.25, -0.2) is 0 Å². The Bertz CT molecular complexity index is 282. The summed E-state index contributed by atoms with van der Waals surface area (Å²) in [4.78, 5) is 0. The van der Waals surface area contributed by atoms with E-state index in [0.717, 1.165) is 25.1 Å². The highest BCUT2D eigenvalue weighted by molar-refractivity contribution is 5.03. The molecule has 92 valence electrons. The first-order chi connectivity index (χ1) is 7.55. The van der Waals surface area contributed by atoms with Gasteiger partial charge < -0.3 is 10.4 Å². The zero-order valence-corrected chi connectivity index (χ0v) is 10.5. The molecule has 0 spiro atoms. The van der Waals surface area contributed by atoms with Crippen molar-refractivity contribution in [2.75, 3.05) is 13.2 Å². The molecule has 0 radical (unpaired) electrons. The van der Waals surface area contributed by atoms with Gasteiger partial charge in [-0.2, -0.15) is 5.10 Å². The summed E-state index contributed by atoms with van der Waals surface area (Å²) in [7, 11) is 0. The van der Waals surface area contributed by atoms with Gasteiger partial charge in [0.15, 0.2) is 0 Å². The second-order valence-corrected chi connectivity index (χ2v) is 5.11. The molecule has 3 N–H and O–H groups in total. The molecule has 1 aromatic heterocycles. The van der Waals surface area contributed by atoms with E-state index in [1.165, 1.54) is 0 Å². The number of hydrogen-bond donors (Lipinski definition) is 3. The largest absolute Gasteiger partial charge is 0.396 e. The minimum absolute atomic E-state index is 0.219. The average Bonchev–Trinajstić information content (AvgIpc) is 2.77.